The summed E-state index contributed by atoms with van der Waals surface area (Å²) >= 11 is 0. The second-order valence-electron chi connectivity index (χ2n) is 5.60. The van der Waals surface area contributed by atoms with Crippen molar-refractivity contribution in [1.82, 2.24) is 0 Å². The van der Waals surface area contributed by atoms with Crippen molar-refractivity contribution >= 4 is 23.6 Å². The largest absolute Gasteiger partial charge is 0.482 e. The zero-order valence-electron chi connectivity index (χ0n) is 15.2. The minimum atomic E-state index is -0.477. The molecule has 2 rings (SSSR count). The van der Waals surface area contributed by atoms with Crippen molar-refractivity contribution in [2.75, 3.05) is 18.5 Å². The third-order valence-corrected chi connectivity index (χ3v) is 3.61. The number of hydrogen-bond acceptors (Lipinski definition) is 5. The van der Waals surface area contributed by atoms with Gasteiger partial charge in [-0.1, -0.05) is 30.3 Å². The number of carbonyl (C=O) groups is 2. The molecule has 0 fully saturated rings. The lowest BCUT2D eigenvalue weighted by molar-refractivity contribution is -0.145. The van der Waals surface area contributed by atoms with Gasteiger partial charge in [0.2, 0.25) is 0 Å². The van der Waals surface area contributed by atoms with Crippen LogP contribution < -0.4 is 10.1 Å². The highest BCUT2D eigenvalue weighted by molar-refractivity contribution is 6.09. The zero-order valence-corrected chi connectivity index (χ0v) is 15.2. The minimum Gasteiger partial charge on any atom is -0.482 e. The summed E-state index contributed by atoms with van der Waals surface area (Å²) in [6.07, 6.45) is 1.49. The first-order valence-electron chi connectivity index (χ1n) is 8.40. The number of aryl methyl sites for hydroxylation is 1. The molecular weight excluding hydrogens is 344 g/mol. The standard InChI is InChI=1S/C21H20N2O4/c1-3-26-20(24)14-27-18-10-8-16(9-11-18)12-17(13-22)21(25)23-19-7-5-4-6-15(19)2/h4-12H,3,14H2,1-2H3,(H,23,25)/b17-12-. The molecule has 0 saturated heterocycles. The Hall–Kier alpha value is -3.59. The van der Waals surface area contributed by atoms with Crippen LogP contribution in [-0.2, 0) is 14.3 Å². The lowest BCUT2D eigenvalue weighted by Crippen LogP contribution is -2.14. The number of carbonyl (C=O) groups excluding carboxylic acids is 2. The number of para-hydroxylation sites is 1. The van der Waals surface area contributed by atoms with E-state index in [9.17, 15) is 14.9 Å². The first-order valence-corrected chi connectivity index (χ1v) is 8.40. The van der Waals surface area contributed by atoms with Crippen LogP contribution in [-0.4, -0.2) is 25.1 Å². The predicted molar refractivity (Wildman–Crippen MR) is 102 cm³/mol. The number of anilines is 1. The Morgan fingerprint density at radius 3 is 2.48 bits per heavy atom. The summed E-state index contributed by atoms with van der Waals surface area (Å²) in [5, 5.41) is 12.0. The molecule has 0 saturated carbocycles. The van der Waals surface area contributed by atoms with E-state index < -0.39 is 11.9 Å². The first kappa shape index (κ1) is 19.7. The third kappa shape index (κ3) is 6.01. The summed E-state index contributed by atoms with van der Waals surface area (Å²) in [4.78, 5) is 23.6. The van der Waals surface area contributed by atoms with E-state index in [1.54, 1.807) is 37.3 Å². The molecule has 138 valence electrons. The number of nitriles is 1. The zero-order chi connectivity index (χ0) is 19.6. The van der Waals surface area contributed by atoms with E-state index >= 15 is 0 Å². The molecule has 27 heavy (non-hydrogen) atoms. The topological polar surface area (TPSA) is 88.4 Å². The molecule has 6 nitrogen and oxygen atoms in total. The molecule has 0 atom stereocenters. The van der Waals surface area contributed by atoms with Gasteiger partial charge in [0.05, 0.1) is 6.61 Å². The Bertz CT molecular complexity index is 880. The molecule has 0 aliphatic rings. The predicted octanol–water partition coefficient (Wildman–Crippen LogP) is 3.48. The summed E-state index contributed by atoms with van der Waals surface area (Å²) in [5.74, 6) is -0.432. The smallest absolute Gasteiger partial charge is 0.344 e. The fraction of sp³-hybridized carbons (Fsp3) is 0.190. The maximum Gasteiger partial charge on any atom is 0.344 e. The van der Waals surface area contributed by atoms with Crippen LogP contribution in [0.4, 0.5) is 5.69 Å². The van der Waals surface area contributed by atoms with E-state index in [1.165, 1.54) is 6.08 Å². The molecule has 0 aliphatic carbocycles. The maximum atomic E-state index is 12.3. The van der Waals surface area contributed by atoms with Crippen molar-refractivity contribution in [3.8, 4) is 11.8 Å². The Kier molecular flexibility index (Phi) is 7.15. The molecule has 1 N–H and O–H groups in total. The number of benzene rings is 2. The van der Waals surface area contributed by atoms with E-state index in [0.717, 1.165) is 5.56 Å². The molecule has 0 aromatic heterocycles. The molecule has 2 aromatic carbocycles. The van der Waals surface area contributed by atoms with Gasteiger partial charge in [0, 0.05) is 5.69 Å². The Morgan fingerprint density at radius 2 is 1.85 bits per heavy atom. The Morgan fingerprint density at radius 1 is 1.15 bits per heavy atom. The Labute approximate surface area is 158 Å². The first-order chi connectivity index (χ1) is 13.0. The van der Waals surface area contributed by atoms with Gasteiger partial charge in [-0.05, 0) is 49.2 Å². The van der Waals surface area contributed by atoms with Crippen LogP contribution in [0.15, 0.2) is 54.1 Å². The van der Waals surface area contributed by atoms with Crippen molar-refractivity contribution in [3.63, 3.8) is 0 Å². The van der Waals surface area contributed by atoms with E-state index in [-0.39, 0.29) is 12.2 Å². The van der Waals surface area contributed by atoms with E-state index in [4.69, 9.17) is 9.47 Å². The number of hydrogen-bond donors (Lipinski definition) is 1. The van der Waals surface area contributed by atoms with Gasteiger partial charge in [0.25, 0.3) is 5.91 Å². The lowest BCUT2D eigenvalue weighted by atomic mass is 10.1. The molecule has 1 amide bonds. The summed E-state index contributed by atoms with van der Waals surface area (Å²) < 4.78 is 10.1. The molecular formula is C21H20N2O4. The van der Waals surface area contributed by atoms with E-state index in [2.05, 4.69) is 5.32 Å². The molecule has 0 bridgehead atoms. The molecule has 0 heterocycles. The highest BCUT2D eigenvalue weighted by Crippen LogP contribution is 2.17. The fourth-order valence-electron chi connectivity index (χ4n) is 2.22. The van der Waals surface area contributed by atoms with Crippen molar-refractivity contribution in [2.24, 2.45) is 0 Å². The van der Waals surface area contributed by atoms with Gasteiger partial charge < -0.3 is 14.8 Å². The Balaban J connectivity index is 2.04. The van der Waals surface area contributed by atoms with Crippen LogP contribution in [0.2, 0.25) is 0 Å². The second kappa shape index (κ2) is 9.78. The molecule has 0 spiro atoms. The summed E-state index contributed by atoms with van der Waals surface area (Å²) in [5.41, 5.74) is 2.21. The van der Waals surface area contributed by atoms with E-state index in [0.29, 0.717) is 23.6 Å². The summed E-state index contributed by atoms with van der Waals surface area (Å²) in [6.45, 7) is 3.72. The van der Waals surface area contributed by atoms with Crippen molar-refractivity contribution in [1.29, 1.82) is 5.26 Å². The third-order valence-electron chi connectivity index (χ3n) is 3.61. The molecule has 2 aromatic rings. The van der Waals surface area contributed by atoms with Crippen molar-refractivity contribution < 1.29 is 19.1 Å². The van der Waals surface area contributed by atoms with Gasteiger partial charge in [-0.15, -0.1) is 0 Å². The molecule has 6 heteroatoms. The van der Waals surface area contributed by atoms with Crippen LogP contribution in [0.1, 0.15) is 18.1 Å². The second-order valence-corrected chi connectivity index (χ2v) is 5.60. The van der Waals surface area contributed by atoms with Gasteiger partial charge in [0.1, 0.15) is 17.4 Å². The summed E-state index contributed by atoms with van der Waals surface area (Å²) in [6, 6.07) is 15.9. The van der Waals surface area contributed by atoms with Crippen molar-refractivity contribution in [2.45, 2.75) is 13.8 Å². The van der Waals surface area contributed by atoms with Gasteiger partial charge in [0.15, 0.2) is 6.61 Å². The minimum absolute atomic E-state index is 0.0153. The average molecular weight is 364 g/mol. The average Bonchev–Trinajstić information content (AvgIpc) is 2.67. The number of nitrogens with one attached hydrogen (secondary N) is 1. The van der Waals surface area contributed by atoms with Crippen LogP contribution in [0.25, 0.3) is 6.08 Å². The summed E-state index contributed by atoms with van der Waals surface area (Å²) in [7, 11) is 0. The fourth-order valence-corrected chi connectivity index (χ4v) is 2.22. The van der Waals surface area contributed by atoms with Gasteiger partial charge in [-0.25, -0.2) is 4.79 Å². The quantitative estimate of drug-likeness (QED) is 0.462. The van der Waals surface area contributed by atoms with Crippen LogP contribution in [0.3, 0.4) is 0 Å². The number of nitrogens with zero attached hydrogens (tertiary/aromatic N) is 1. The molecule has 0 radical (unpaired) electrons. The number of rotatable bonds is 7. The molecule has 0 unspecified atom stereocenters. The monoisotopic (exact) mass is 364 g/mol. The van der Waals surface area contributed by atoms with Gasteiger partial charge >= 0.3 is 5.97 Å². The number of esters is 1. The van der Waals surface area contributed by atoms with Crippen LogP contribution >= 0.6 is 0 Å². The maximum absolute atomic E-state index is 12.3. The van der Waals surface area contributed by atoms with Gasteiger partial charge in [-0.3, -0.25) is 4.79 Å². The van der Waals surface area contributed by atoms with Gasteiger partial charge in [-0.2, -0.15) is 5.26 Å². The SMILES string of the molecule is CCOC(=O)COc1ccc(/C=C(/C#N)C(=O)Nc2ccccc2C)cc1. The van der Waals surface area contributed by atoms with E-state index in [1.807, 2.05) is 31.2 Å². The lowest BCUT2D eigenvalue weighted by Gasteiger charge is -2.08. The van der Waals surface area contributed by atoms with Crippen LogP contribution in [0, 0.1) is 18.3 Å². The highest BCUT2D eigenvalue weighted by atomic mass is 16.6. The number of ether oxygens (including phenoxy) is 2. The van der Waals surface area contributed by atoms with Crippen LogP contribution in [0.5, 0.6) is 5.75 Å². The number of amides is 1. The highest BCUT2D eigenvalue weighted by Gasteiger charge is 2.11. The molecule has 0 aliphatic heterocycles. The normalized spacial score (nSPS) is 10.6. The van der Waals surface area contributed by atoms with Crippen molar-refractivity contribution in [3.05, 3.63) is 65.2 Å².